The summed E-state index contributed by atoms with van der Waals surface area (Å²) < 4.78 is 29.1. The third kappa shape index (κ3) is 2.71. The smallest absolute Gasteiger partial charge is 0.339 e. The van der Waals surface area contributed by atoms with Crippen LogP contribution in [-0.4, -0.2) is 33.4 Å². The van der Waals surface area contributed by atoms with E-state index >= 15 is 0 Å². The molecule has 0 aliphatic carbocycles. The lowest BCUT2D eigenvalue weighted by molar-refractivity contribution is 0.0699. The van der Waals surface area contributed by atoms with Gasteiger partial charge in [-0.05, 0) is 29.8 Å². The zero-order chi connectivity index (χ0) is 17.6. The number of halogens is 2. The highest BCUT2D eigenvalue weighted by Crippen LogP contribution is 2.38. The van der Waals surface area contributed by atoms with Gasteiger partial charge < -0.3 is 10.0 Å². The summed E-state index contributed by atoms with van der Waals surface area (Å²) in [5.74, 6) is -1.43. The third-order valence-corrected chi connectivity index (χ3v) is 4.55. The van der Waals surface area contributed by atoms with E-state index in [2.05, 4.69) is 5.10 Å². The molecule has 0 bridgehead atoms. The van der Waals surface area contributed by atoms with Crippen molar-refractivity contribution in [3.63, 3.8) is 0 Å². The van der Waals surface area contributed by atoms with Gasteiger partial charge in [0.05, 0.1) is 17.8 Å². The zero-order valence-electron chi connectivity index (χ0n) is 13.1. The van der Waals surface area contributed by atoms with Gasteiger partial charge >= 0.3 is 5.97 Å². The van der Waals surface area contributed by atoms with E-state index in [0.717, 1.165) is 0 Å². The van der Waals surface area contributed by atoms with Crippen LogP contribution in [0, 0.1) is 5.82 Å². The van der Waals surface area contributed by atoms with Crippen LogP contribution in [-0.2, 0) is 0 Å². The van der Waals surface area contributed by atoms with Crippen molar-refractivity contribution in [2.45, 2.75) is 18.6 Å². The number of hydrogen-bond acceptors (Lipinski definition) is 3. The summed E-state index contributed by atoms with van der Waals surface area (Å²) in [6.45, 7) is 0.174. The monoisotopic (exact) mass is 343 g/mol. The summed E-state index contributed by atoms with van der Waals surface area (Å²) in [5, 5.41) is 13.3. The number of carbonyl (C=O) groups is 1. The van der Waals surface area contributed by atoms with E-state index in [9.17, 15) is 18.7 Å². The largest absolute Gasteiger partial charge is 0.478 e. The Morgan fingerprint density at radius 1 is 1.28 bits per heavy atom. The van der Waals surface area contributed by atoms with Gasteiger partial charge in [-0.1, -0.05) is 12.1 Å². The molecule has 4 rings (SSSR count). The lowest BCUT2D eigenvalue weighted by atomic mass is 10.0. The number of nitrogens with zero attached hydrogens (tertiary/aromatic N) is 3. The second-order valence-electron chi connectivity index (χ2n) is 6.13. The molecular formula is C18H15F2N3O2. The molecule has 2 aromatic heterocycles. The van der Waals surface area contributed by atoms with E-state index in [4.69, 9.17) is 0 Å². The first-order valence-electron chi connectivity index (χ1n) is 7.90. The molecule has 0 saturated carbocycles. The fourth-order valence-corrected chi connectivity index (χ4v) is 3.41. The molecule has 1 N–H and O–H groups in total. The first-order chi connectivity index (χ1) is 12.0. The second kappa shape index (κ2) is 5.84. The van der Waals surface area contributed by atoms with Crippen LogP contribution in [0.4, 0.5) is 14.5 Å². The molecule has 5 nitrogen and oxygen atoms in total. The average molecular weight is 343 g/mol. The van der Waals surface area contributed by atoms with Crippen molar-refractivity contribution in [1.29, 1.82) is 0 Å². The minimum atomic E-state index is -1.07. The molecule has 1 aliphatic heterocycles. The molecule has 1 fully saturated rings. The maximum atomic E-state index is 14.1. The fraction of sp³-hybridized carbons (Fsp3) is 0.222. The summed E-state index contributed by atoms with van der Waals surface area (Å²) in [4.78, 5) is 13.2. The summed E-state index contributed by atoms with van der Waals surface area (Å²) in [5.41, 5.74) is 1.90. The molecule has 0 amide bonds. The Balaban J connectivity index is 1.77. The normalized spacial score (nSPS) is 20.3. The highest BCUT2D eigenvalue weighted by atomic mass is 19.1. The van der Waals surface area contributed by atoms with Crippen LogP contribution >= 0.6 is 0 Å². The molecule has 0 spiro atoms. The number of anilines is 1. The molecule has 3 aromatic rings. The number of carboxylic acid groups (broad SMARTS) is 1. The van der Waals surface area contributed by atoms with Gasteiger partial charge in [-0.3, -0.25) is 0 Å². The lowest BCUT2D eigenvalue weighted by Crippen LogP contribution is -2.23. The highest BCUT2D eigenvalue weighted by Gasteiger charge is 2.33. The van der Waals surface area contributed by atoms with Crippen molar-refractivity contribution >= 4 is 17.2 Å². The van der Waals surface area contributed by atoms with Gasteiger partial charge in [0.2, 0.25) is 0 Å². The minimum Gasteiger partial charge on any atom is -0.478 e. The van der Waals surface area contributed by atoms with Gasteiger partial charge in [-0.25, -0.2) is 18.1 Å². The SMILES string of the molecule is O=C(O)c1cnn2ccc(N3CC(F)CC3c3cccc(F)c3)cc12. The quantitative estimate of drug-likeness (QED) is 0.791. The molecule has 25 heavy (non-hydrogen) atoms. The van der Waals surface area contributed by atoms with E-state index in [1.165, 1.54) is 22.8 Å². The van der Waals surface area contributed by atoms with Crippen LogP contribution in [0.2, 0.25) is 0 Å². The Labute approximate surface area is 142 Å². The number of benzene rings is 1. The number of hydrogen-bond donors (Lipinski definition) is 1. The van der Waals surface area contributed by atoms with E-state index < -0.39 is 12.1 Å². The number of aromatic nitrogens is 2. The maximum absolute atomic E-state index is 14.1. The van der Waals surface area contributed by atoms with Crippen molar-refractivity contribution in [2.24, 2.45) is 0 Å². The third-order valence-electron chi connectivity index (χ3n) is 4.55. The number of rotatable bonds is 3. The predicted octanol–water partition coefficient (Wildman–Crippen LogP) is 3.46. The molecular weight excluding hydrogens is 328 g/mol. The predicted molar refractivity (Wildman–Crippen MR) is 88.2 cm³/mol. The number of aromatic carboxylic acids is 1. The van der Waals surface area contributed by atoms with Crippen molar-refractivity contribution in [2.75, 3.05) is 11.4 Å². The van der Waals surface area contributed by atoms with Crippen LogP contribution in [0.3, 0.4) is 0 Å². The fourth-order valence-electron chi connectivity index (χ4n) is 3.41. The molecule has 1 aromatic carbocycles. The van der Waals surface area contributed by atoms with Gasteiger partial charge in [0.25, 0.3) is 0 Å². The van der Waals surface area contributed by atoms with Gasteiger partial charge in [0.1, 0.15) is 17.6 Å². The van der Waals surface area contributed by atoms with Gasteiger partial charge in [-0.15, -0.1) is 0 Å². The Hall–Kier alpha value is -2.96. The van der Waals surface area contributed by atoms with Crippen molar-refractivity contribution in [3.05, 3.63) is 65.7 Å². The Morgan fingerprint density at radius 2 is 2.12 bits per heavy atom. The van der Waals surface area contributed by atoms with Crippen LogP contribution in [0.15, 0.2) is 48.8 Å². The van der Waals surface area contributed by atoms with Gasteiger partial charge in [0, 0.05) is 24.8 Å². The van der Waals surface area contributed by atoms with E-state index in [1.807, 2.05) is 4.90 Å². The number of fused-ring (bicyclic) bond motifs is 1. The molecule has 1 aliphatic rings. The topological polar surface area (TPSA) is 57.8 Å². The van der Waals surface area contributed by atoms with Gasteiger partial charge in [-0.2, -0.15) is 5.10 Å². The number of carboxylic acids is 1. The molecule has 0 radical (unpaired) electrons. The highest BCUT2D eigenvalue weighted by molar-refractivity contribution is 5.95. The summed E-state index contributed by atoms with van der Waals surface area (Å²) >= 11 is 0. The summed E-state index contributed by atoms with van der Waals surface area (Å²) in [6.07, 6.45) is 2.16. The number of alkyl halides is 1. The van der Waals surface area contributed by atoms with Crippen LogP contribution < -0.4 is 4.90 Å². The standard InChI is InChI=1S/C18H15F2N3O2/c19-12-3-1-2-11(6-12)16-7-13(20)10-22(16)14-4-5-23-17(8-14)15(9-21-23)18(24)25/h1-6,8-9,13,16H,7,10H2,(H,24,25). The maximum Gasteiger partial charge on any atom is 0.339 e. The van der Waals surface area contributed by atoms with E-state index in [-0.39, 0.29) is 30.4 Å². The van der Waals surface area contributed by atoms with E-state index in [0.29, 0.717) is 16.8 Å². The van der Waals surface area contributed by atoms with Gasteiger partial charge in [0.15, 0.2) is 0 Å². The Bertz CT molecular complexity index is 956. The van der Waals surface area contributed by atoms with Crippen LogP contribution in [0.1, 0.15) is 28.4 Å². The van der Waals surface area contributed by atoms with Crippen molar-refractivity contribution in [1.82, 2.24) is 9.61 Å². The average Bonchev–Trinajstić information content (AvgIpc) is 3.17. The molecule has 2 atom stereocenters. The van der Waals surface area contributed by atoms with Crippen LogP contribution in [0.5, 0.6) is 0 Å². The number of pyridine rings is 1. The molecule has 2 unspecified atom stereocenters. The Kier molecular flexibility index (Phi) is 3.63. The summed E-state index contributed by atoms with van der Waals surface area (Å²) in [6, 6.07) is 9.29. The molecule has 7 heteroatoms. The van der Waals surface area contributed by atoms with Crippen molar-refractivity contribution < 1.29 is 18.7 Å². The minimum absolute atomic E-state index is 0.0835. The van der Waals surface area contributed by atoms with Crippen LogP contribution in [0.25, 0.3) is 5.52 Å². The second-order valence-corrected chi connectivity index (χ2v) is 6.13. The first-order valence-corrected chi connectivity index (χ1v) is 7.90. The molecule has 3 heterocycles. The van der Waals surface area contributed by atoms with E-state index in [1.54, 1.807) is 30.5 Å². The summed E-state index contributed by atoms with van der Waals surface area (Å²) in [7, 11) is 0. The molecule has 1 saturated heterocycles. The Morgan fingerprint density at radius 3 is 2.88 bits per heavy atom. The van der Waals surface area contributed by atoms with Crippen molar-refractivity contribution in [3.8, 4) is 0 Å². The first kappa shape index (κ1) is 15.6. The zero-order valence-corrected chi connectivity index (χ0v) is 13.1. The molecule has 128 valence electrons. The lowest BCUT2D eigenvalue weighted by Gasteiger charge is -2.27.